The van der Waals surface area contributed by atoms with Gasteiger partial charge in [0.1, 0.15) is 11.5 Å². The van der Waals surface area contributed by atoms with Crippen molar-refractivity contribution in [1.29, 1.82) is 0 Å². The maximum Gasteiger partial charge on any atom is 0.316 e. The molecule has 2 aromatic rings. The van der Waals surface area contributed by atoms with Crippen LogP contribution in [0.2, 0.25) is 5.02 Å². The number of anilines is 2. The second kappa shape index (κ2) is 8.43. The molecule has 9 heteroatoms. The summed E-state index contributed by atoms with van der Waals surface area (Å²) in [6.45, 7) is 0.124. The van der Waals surface area contributed by atoms with Crippen LogP contribution >= 0.6 is 11.6 Å². The lowest BCUT2D eigenvalue weighted by Crippen LogP contribution is -2.40. The molecule has 0 N–H and O–H groups in total. The maximum absolute atomic E-state index is 13.4. The molecule has 7 atom stereocenters. The fourth-order valence-corrected chi connectivity index (χ4v) is 7.24. The summed E-state index contributed by atoms with van der Waals surface area (Å²) in [5, 5.41) is 0.447. The Labute approximate surface area is 224 Å². The van der Waals surface area contributed by atoms with Crippen LogP contribution in [-0.2, 0) is 19.2 Å². The van der Waals surface area contributed by atoms with Crippen molar-refractivity contribution in [2.75, 3.05) is 23.5 Å². The lowest BCUT2D eigenvalue weighted by molar-refractivity contribution is -0.139. The molecular formula is C29H25ClN2O6. The molecule has 2 aliphatic heterocycles. The smallest absolute Gasteiger partial charge is 0.316 e. The van der Waals surface area contributed by atoms with Crippen LogP contribution in [0.15, 0.2) is 54.6 Å². The summed E-state index contributed by atoms with van der Waals surface area (Å²) in [7, 11) is 1.50. The average Bonchev–Trinajstić information content (AvgIpc) is 3.59. The number of nitrogens with zero attached hydrogens (tertiary/aromatic N) is 2. The Morgan fingerprint density at radius 3 is 2.37 bits per heavy atom. The van der Waals surface area contributed by atoms with Crippen molar-refractivity contribution in [1.82, 2.24) is 0 Å². The van der Waals surface area contributed by atoms with Gasteiger partial charge in [0.2, 0.25) is 17.7 Å². The Balaban J connectivity index is 1.08. The lowest BCUT2D eigenvalue weighted by Gasteiger charge is -2.37. The van der Waals surface area contributed by atoms with Gasteiger partial charge in [0.25, 0.3) is 0 Å². The van der Waals surface area contributed by atoms with Crippen molar-refractivity contribution in [2.45, 2.75) is 12.8 Å². The van der Waals surface area contributed by atoms with E-state index in [1.54, 1.807) is 42.5 Å². The van der Waals surface area contributed by atoms with Crippen LogP contribution in [0.1, 0.15) is 12.8 Å². The quantitative estimate of drug-likeness (QED) is 0.251. The van der Waals surface area contributed by atoms with Crippen molar-refractivity contribution in [2.24, 2.45) is 41.4 Å². The predicted octanol–water partition coefficient (Wildman–Crippen LogP) is 3.86. The van der Waals surface area contributed by atoms with Crippen molar-refractivity contribution >= 4 is 46.7 Å². The van der Waals surface area contributed by atoms with Crippen LogP contribution in [0.25, 0.3) is 0 Å². The summed E-state index contributed by atoms with van der Waals surface area (Å²) in [6, 6.07) is 11.5. The fraction of sp³-hybridized carbons (Fsp3) is 0.379. The molecule has 8 rings (SSSR count). The monoisotopic (exact) mass is 532 g/mol. The molecule has 0 aromatic heterocycles. The molecule has 2 bridgehead atoms. The molecule has 2 saturated heterocycles. The van der Waals surface area contributed by atoms with E-state index in [0.717, 1.165) is 6.42 Å². The van der Waals surface area contributed by atoms with Gasteiger partial charge < -0.3 is 14.4 Å². The number of benzene rings is 2. The van der Waals surface area contributed by atoms with Crippen LogP contribution in [0.3, 0.4) is 0 Å². The average molecular weight is 533 g/mol. The Kier molecular flexibility index (Phi) is 5.20. The summed E-state index contributed by atoms with van der Waals surface area (Å²) in [5.74, 6) is -0.402. The molecule has 3 amide bonds. The molecule has 0 spiro atoms. The van der Waals surface area contributed by atoms with E-state index in [2.05, 4.69) is 12.2 Å². The van der Waals surface area contributed by atoms with Gasteiger partial charge in [-0.1, -0.05) is 29.8 Å². The van der Waals surface area contributed by atoms with E-state index in [0.29, 0.717) is 34.0 Å². The largest absolute Gasteiger partial charge is 0.495 e. The topological polar surface area (TPSA) is 93.2 Å². The first-order valence-corrected chi connectivity index (χ1v) is 13.3. The van der Waals surface area contributed by atoms with Crippen LogP contribution in [0.4, 0.5) is 11.4 Å². The number of imide groups is 1. The summed E-state index contributed by atoms with van der Waals surface area (Å²) in [5.41, 5.74) is 0.900. The number of halogens is 1. The van der Waals surface area contributed by atoms with Gasteiger partial charge in [0.15, 0.2) is 0 Å². The fourth-order valence-electron chi connectivity index (χ4n) is 7.07. The Bertz CT molecular complexity index is 1400. The van der Waals surface area contributed by atoms with E-state index in [1.807, 2.05) is 0 Å². The third kappa shape index (κ3) is 3.42. The second-order valence-electron chi connectivity index (χ2n) is 10.8. The van der Waals surface area contributed by atoms with Gasteiger partial charge in [0, 0.05) is 24.1 Å². The SMILES string of the molecule is COc1ccc(Cl)cc1N1C[C@H](C(=O)Oc2cccc(N3C(=O)[C@@H]4[C@H]5C=C[C@@H]([C@@H]6C[C@@H]56)[C@H]4C3=O)c2)CC1=O. The first kappa shape index (κ1) is 23.5. The minimum absolute atomic E-state index is 0.0151. The molecule has 4 aliphatic carbocycles. The van der Waals surface area contributed by atoms with E-state index in [4.69, 9.17) is 21.1 Å². The number of allylic oxidation sites excluding steroid dienone is 2. The molecule has 194 valence electrons. The van der Waals surface area contributed by atoms with Crippen LogP contribution in [-0.4, -0.2) is 37.3 Å². The Hall–Kier alpha value is -3.65. The number of methoxy groups -OCH3 is 1. The van der Waals surface area contributed by atoms with E-state index in [-0.39, 0.29) is 60.1 Å². The molecular weight excluding hydrogens is 508 g/mol. The van der Waals surface area contributed by atoms with Crippen LogP contribution < -0.4 is 19.3 Å². The number of hydrogen-bond donors (Lipinski definition) is 0. The van der Waals surface area contributed by atoms with Gasteiger partial charge in [-0.05, 0) is 60.4 Å². The lowest BCUT2D eigenvalue weighted by atomic mass is 9.63. The first-order valence-electron chi connectivity index (χ1n) is 12.9. The summed E-state index contributed by atoms with van der Waals surface area (Å²) in [4.78, 5) is 55.4. The van der Waals surface area contributed by atoms with Gasteiger partial charge in [0.05, 0.1) is 36.2 Å². The molecule has 38 heavy (non-hydrogen) atoms. The minimum atomic E-state index is -0.693. The van der Waals surface area contributed by atoms with E-state index in [1.165, 1.54) is 16.9 Å². The third-order valence-electron chi connectivity index (χ3n) is 8.85. The number of ether oxygens (including phenoxy) is 2. The molecule has 0 radical (unpaired) electrons. The highest BCUT2D eigenvalue weighted by molar-refractivity contribution is 6.31. The van der Waals surface area contributed by atoms with Gasteiger partial charge in [-0.2, -0.15) is 0 Å². The first-order chi connectivity index (χ1) is 18.4. The highest BCUT2D eigenvalue weighted by atomic mass is 35.5. The van der Waals surface area contributed by atoms with Gasteiger partial charge in [-0.15, -0.1) is 0 Å². The second-order valence-corrected chi connectivity index (χ2v) is 11.2. The van der Waals surface area contributed by atoms with Gasteiger partial charge >= 0.3 is 5.97 Å². The van der Waals surface area contributed by atoms with E-state index >= 15 is 0 Å². The van der Waals surface area contributed by atoms with Gasteiger partial charge in [-0.25, -0.2) is 4.90 Å². The van der Waals surface area contributed by atoms with Crippen molar-refractivity contribution in [3.05, 3.63) is 59.6 Å². The van der Waals surface area contributed by atoms with Gasteiger partial charge in [-0.3, -0.25) is 19.2 Å². The third-order valence-corrected chi connectivity index (χ3v) is 9.08. The van der Waals surface area contributed by atoms with Crippen LogP contribution in [0, 0.1) is 41.4 Å². The normalized spacial score (nSPS) is 32.5. The summed E-state index contributed by atoms with van der Waals surface area (Å²) < 4.78 is 11.0. The summed E-state index contributed by atoms with van der Waals surface area (Å²) >= 11 is 6.12. The zero-order valence-electron chi connectivity index (χ0n) is 20.6. The molecule has 8 nitrogen and oxygen atoms in total. The van der Waals surface area contributed by atoms with Crippen molar-refractivity contribution in [3.63, 3.8) is 0 Å². The molecule has 2 aromatic carbocycles. The van der Waals surface area contributed by atoms with E-state index < -0.39 is 11.9 Å². The summed E-state index contributed by atoms with van der Waals surface area (Å²) in [6.07, 6.45) is 5.36. The number of hydrogen-bond acceptors (Lipinski definition) is 6. The molecule has 0 unspecified atom stereocenters. The number of esters is 1. The zero-order chi connectivity index (χ0) is 26.3. The molecule has 6 aliphatic rings. The number of carbonyl (C=O) groups excluding carboxylic acids is 4. The van der Waals surface area contributed by atoms with E-state index in [9.17, 15) is 19.2 Å². The van der Waals surface area contributed by atoms with Crippen molar-refractivity contribution in [3.8, 4) is 11.5 Å². The van der Waals surface area contributed by atoms with Crippen molar-refractivity contribution < 1.29 is 28.7 Å². The number of rotatable bonds is 5. The Morgan fingerprint density at radius 1 is 0.974 bits per heavy atom. The number of amides is 3. The maximum atomic E-state index is 13.4. The van der Waals surface area contributed by atoms with Crippen LogP contribution in [0.5, 0.6) is 11.5 Å². The number of carbonyl (C=O) groups is 4. The molecule has 2 saturated carbocycles. The molecule has 4 fully saturated rings. The predicted molar refractivity (Wildman–Crippen MR) is 138 cm³/mol. The zero-order valence-corrected chi connectivity index (χ0v) is 21.3. The highest BCUT2D eigenvalue weighted by Gasteiger charge is 2.67. The standard InChI is InChI=1S/C29H25ClN2O6/c1-37-23-8-5-15(30)10-22(23)31-13-14(9-24(31)33)29(36)38-17-4-2-3-16(11-17)32-27(34)25-18-6-7-19(21-12-20(18)21)26(25)28(32)35/h2-8,10-11,14,18-21,25-26H,9,12-13H2,1H3/t14-,18+,19+,20+,21+,25-,26-/m1/s1. The molecule has 2 heterocycles. The Morgan fingerprint density at radius 2 is 1.68 bits per heavy atom. The highest BCUT2D eigenvalue weighted by Crippen LogP contribution is 2.65. The minimum Gasteiger partial charge on any atom is -0.495 e.